The van der Waals surface area contributed by atoms with E-state index in [9.17, 15) is 27.5 Å². The normalized spacial score (nSPS) is 11.9. The smallest absolute Gasteiger partial charge is 0.257 e. The first kappa shape index (κ1) is 17.7. The van der Waals surface area contributed by atoms with E-state index in [0.29, 0.717) is 11.3 Å². The summed E-state index contributed by atoms with van der Waals surface area (Å²) in [5.74, 6) is -7.80. The first-order valence-electron chi connectivity index (χ1n) is 6.78. The predicted octanol–water partition coefficient (Wildman–Crippen LogP) is 2.72. The molecule has 8 heteroatoms. The van der Waals surface area contributed by atoms with Crippen LogP contribution in [0.3, 0.4) is 0 Å². The van der Waals surface area contributed by atoms with Crippen molar-refractivity contribution in [3.05, 3.63) is 64.7 Å². The van der Waals surface area contributed by atoms with Crippen LogP contribution < -0.4 is 10.1 Å². The van der Waals surface area contributed by atoms with E-state index in [2.05, 4.69) is 0 Å². The van der Waals surface area contributed by atoms with Crippen LogP contribution in [0.25, 0.3) is 0 Å². The Morgan fingerprint density at radius 2 is 1.67 bits per heavy atom. The highest BCUT2D eigenvalue weighted by atomic mass is 19.2. The molecule has 0 aromatic heterocycles. The molecule has 0 aliphatic carbocycles. The minimum Gasteiger partial charge on any atom is -0.497 e. The molecule has 4 nitrogen and oxygen atoms in total. The SMILES string of the molecule is COc1ccc(C(O)CNC(=O)c2c(F)c(F)cc(F)c2F)cc1. The summed E-state index contributed by atoms with van der Waals surface area (Å²) < 4.78 is 58.1. The van der Waals surface area contributed by atoms with Crippen LogP contribution in [0, 0.1) is 23.3 Å². The quantitative estimate of drug-likeness (QED) is 0.648. The highest BCUT2D eigenvalue weighted by Gasteiger charge is 2.25. The summed E-state index contributed by atoms with van der Waals surface area (Å²) in [4.78, 5) is 11.8. The lowest BCUT2D eigenvalue weighted by Crippen LogP contribution is -2.30. The Labute approximate surface area is 134 Å². The van der Waals surface area contributed by atoms with Gasteiger partial charge in [0.1, 0.15) is 11.3 Å². The Balaban J connectivity index is 2.10. The predicted molar refractivity (Wildman–Crippen MR) is 76.6 cm³/mol. The Morgan fingerprint density at radius 3 is 2.17 bits per heavy atom. The van der Waals surface area contributed by atoms with Gasteiger partial charge in [-0.1, -0.05) is 12.1 Å². The minimum atomic E-state index is -1.80. The van der Waals surface area contributed by atoms with Crippen molar-refractivity contribution in [3.8, 4) is 5.75 Å². The number of rotatable bonds is 5. The van der Waals surface area contributed by atoms with Crippen molar-refractivity contribution >= 4 is 5.91 Å². The second-order valence-electron chi connectivity index (χ2n) is 4.84. The summed E-state index contributed by atoms with van der Waals surface area (Å²) in [6.45, 7) is -0.415. The van der Waals surface area contributed by atoms with Crippen LogP contribution in [0.15, 0.2) is 30.3 Å². The Kier molecular flexibility index (Phi) is 5.40. The zero-order valence-corrected chi connectivity index (χ0v) is 12.4. The maximum Gasteiger partial charge on any atom is 0.257 e. The lowest BCUT2D eigenvalue weighted by atomic mass is 10.1. The van der Waals surface area contributed by atoms with Gasteiger partial charge in [0, 0.05) is 12.6 Å². The van der Waals surface area contributed by atoms with Gasteiger partial charge in [-0.25, -0.2) is 17.6 Å². The first-order chi connectivity index (χ1) is 11.3. The van der Waals surface area contributed by atoms with Gasteiger partial charge in [0.05, 0.1) is 13.2 Å². The van der Waals surface area contributed by atoms with E-state index < -0.39 is 47.4 Å². The molecule has 2 aromatic rings. The van der Waals surface area contributed by atoms with Crippen LogP contribution in [-0.4, -0.2) is 24.7 Å². The van der Waals surface area contributed by atoms with Crippen LogP contribution in [0.2, 0.25) is 0 Å². The number of nitrogens with one attached hydrogen (secondary N) is 1. The van der Waals surface area contributed by atoms with Gasteiger partial charge in [-0.2, -0.15) is 0 Å². The van der Waals surface area contributed by atoms with Crippen LogP contribution in [-0.2, 0) is 0 Å². The Bertz CT molecular complexity index is 724. The largest absolute Gasteiger partial charge is 0.497 e. The van der Waals surface area contributed by atoms with E-state index in [1.54, 1.807) is 12.1 Å². The molecule has 0 aliphatic rings. The monoisotopic (exact) mass is 343 g/mol. The summed E-state index contributed by atoms with van der Waals surface area (Å²) in [6, 6.07) is 6.20. The molecule has 0 bridgehead atoms. The summed E-state index contributed by atoms with van der Waals surface area (Å²) >= 11 is 0. The van der Waals surface area contributed by atoms with E-state index in [-0.39, 0.29) is 6.07 Å². The summed E-state index contributed by atoms with van der Waals surface area (Å²) in [7, 11) is 1.47. The van der Waals surface area contributed by atoms with E-state index in [1.165, 1.54) is 19.2 Å². The third-order valence-electron chi connectivity index (χ3n) is 3.30. The van der Waals surface area contributed by atoms with Gasteiger partial charge in [-0.15, -0.1) is 0 Å². The molecule has 1 atom stereocenters. The standard InChI is InChI=1S/C16H13F4NO3/c1-24-9-4-2-8(3-5-9)12(22)7-21-16(23)13-14(19)10(17)6-11(18)15(13)20/h2-6,12,22H,7H2,1H3,(H,21,23). The van der Waals surface area contributed by atoms with Crippen molar-refractivity contribution in [3.63, 3.8) is 0 Å². The van der Waals surface area contributed by atoms with Crippen LogP contribution >= 0.6 is 0 Å². The minimum absolute atomic E-state index is 0.00759. The third kappa shape index (κ3) is 3.65. The lowest BCUT2D eigenvalue weighted by molar-refractivity contribution is 0.0905. The van der Waals surface area contributed by atoms with E-state index in [0.717, 1.165) is 0 Å². The number of carbonyl (C=O) groups excluding carboxylic acids is 1. The molecule has 2 rings (SSSR count). The van der Waals surface area contributed by atoms with Gasteiger partial charge in [-0.3, -0.25) is 4.79 Å². The topological polar surface area (TPSA) is 58.6 Å². The van der Waals surface area contributed by atoms with E-state index in [4.69, 9.17) is 4.74 Å². The van der Waals surface area contributed by atoms with Crippen molar-refractivity contribution in [1.29, 1.82) is 0 Å². The van der Waals surface area contributed by atoms with Crippen LogP contribution in [0.1, 0.15) is 22.0 Å². The maximum absolute atomic E-state index is 13.5. The lowest BCUT2D eigenvalue weighted by Gasteiger charge is -2.13. The number of benzene rings is 2. The average molecular weight is 343 g/mol. The maximum atomic E-state index is 13.5. The number of aliphatic hydroxyl groups excluding tert-OH is 1. The van der Waals surface area contributed by atoms with E-state index >= 15 is 0 Å². The molecule has 0 spiro atoms. The molecule has 24 heavy (non-hydrogen) atoms. The highest BCUT2D eigenvalue weighted by molar-refractivity contribution is 5.94. The van der Waals surface area contributed by atoms with Crippen LogP contribution in [0.4, 0.5) is 17.6 Å². The van der Waals surface area contributed by atoms with Gasteiger partial charge in [0.15, 0.2) is 23.3 Å². The number of methoxy groups -OCH3 is 1. The van der Waals surface area contributed by atoms with Gasteiger partial charge < -0.3 is 15.2 Å². The first-order valence-corrected chi connectivity index (χ1v) is 6.78. The zero-order chi connectivity index (χ0) is 17.9. The van der Waals surface area contributed by atoms with Crippen LogP contribution in [0.5, 0.6) is 5.75 Å². The molecule has 128 valence electrons. The molecule has 0 aliphatic heterocycles. The number of aliphatic hydroxyl groups is 1. The number of ether oxygens (including phenoxy) is 1. The molecule has 1 amide bonds. The van der Waals surface area contributed by atoms with Crippen molar-refractivity contribution in [2.75, 3.05) is 13.7 Å². The van der Waals surface area contributed by atoms with E-state index in [1.807, 2.05) is 5.32 Å². The second-order valence-corrected chi connectivity index (χ2v) is 4.84. The number of hydrogen-bond donors (Lipinski definition) is 2. The molecular formula is C16H13F4NO3. The fraction of sp³-hybridized carbons (Fsp3) is 0.188. The third-order valence-corrected chi connectivity index (χ3v) is 3.30. The number of amides is 1. The summed E-state index contributed by atoms with van der Waals surface area (Å²) in [6.07, 6.45) is -1.19. The average Bonchev–Trinajstić information content (AvgIpc) is 2.58. The van der Waals surface area contributed by atoms with Gasteiger partial charge >= 0.3 is 0 Å². The molecule has 2 aromatic carbocycles. The Morgan fingerprint density at radius 1 is 1.12 bits per heavy atom. The molecular weight excluding hydrogens is 330 g/mol. The molecule has 2 N–H and O–H groups in total. The van der Waals surface area contributed by atoms with Gasteiger partial charge in [0.25, 0.3) is 5.91 Å². The number of halogens is 4. The van der Waals surface area contributed by atoms with Gasteiger partial charge in [0.2, 0.25) is 0 Å². The van der Waals surface area contributed by atoms with Crippen molar-refractivity contribution < 1.29 is 32.2 Å². The fourth-order valence-electron chi connectivity index (χ4n) is 1.99. The fourth-order valence-corrected chi connectivity index (χ4v) is 1.99. The molecule has 0 heterocycles. The van der Waals surface area contributed by atoms with Crippen molar-refractivity contribution in [2.24, 2.45) is 0 Å². The summed E-state index contributed by atoms with van der Waals surface area (Å²) in [5.41, 5.74) is -0.975. The second kappa shape index (κ2) is 7.31. The summed E-state index contributed by atoms with van der Waals surface area (Å²) in [5, 5.41) is 12.0. The van der Waals surface area contributed by atoms with Crippen molar-refractivity contribution in [1.82, 2.24) is 5.32 Å². The highest BCUT2D eigenvalue weighted by Crippen LogP contribution is 2.20. The van der Waals surface area contributed by atoms with Gasteiger partial charge in [-0.05, 0) is 17.7 Å². The number of hydrogen-bond acceptors (Lipinski definition) is 3. The molecule has 0 fully saturated rings. The number of carbonyl (C=O) groups is 1. The molecule has 1 unspecified atom stereocenters. The molecule has 0 saturated carbocycles. The molecule has 0 radical (unpaired) electrons. The van der Waals surface area contributed by atoms with Crippen molar-refractivity contribution in [2.45, 2.75) is 6.10 Å². The Hall–Kier alpha value is -2.61. The zero-order valence-electron chi connectivity index (χ0n) is 12.4. The molecule has 0 saturated heterocycles.